The van der Waals surface area contributed by atoms with Crippen LogP contribution < -0.4 is 0 Å². The van der Waals surface area contributed by atoms with Crippen molar-refractivity contribution in [3.05, 3.63) is 46.2 Å². The average Bonchev–Trinajstić information content (AvgIpc) is 2.76. The van der Waals surface area contributed by atoms with Crippen LogP contribution in [0.2, 0.25) is 5.15 Å². The number of benzene rings is 1. The molecule has 0 saturated carbocycles. The van der Waals surface area contributed by atoms with E-state index >= 15 is 0 Å². The first-order valence-corrected chi connectivity index (χ1v) is 5.63. The van der Waals surface area contributed by atoms with Crippen molar-refractivity contribution in [2.24, 2.45) is 0 Å². The maximum atomic E-state index is 12.8. The molecule has 0 fully saturated rings. The zero-order valence-electron chi connectivity index (χ0n) is 9.52. The SMILES string of the molecule is N#Cc1ccc(-n2nc(C(F)F)c(CO)c2Cl)cc1. The van der Waals surface area contributed by atoms with Crippen molar-refractivity contribution in [2.45, 2.75) is 13.0 Å². The highest BCUT2D eigenvalue weighted by atomic mass is 35.5. The van der Waals surface area contributed by atoms with Gasteiger partial charge in [0.2, 0.25) is 0 Å². The minimum Gasteiger partial charge on any atom is -0.391 e. The summed E-state index contributed by atoms with van der Waals surface area (Å²) in [6, 6.07) is 8.06. The molecular formula is C12H8ClF2N3O. The van der Waals surface area contributed by atoms with Gasteiger partial charge in [0.25, 0.3) is 6.43 Å². The standard InChI is InChI=1S/C12H8ClF2N3O/c13-11-9(6-19)10(12(14)15)17-18(11)8-3-1-7(5-16)2-4-8/h1-4,12,19H,6H2. The predicted molar refractivity (Wildman–Crippen MR) is 64.2 cm³/mol. The summed E-state index contributed by atoms with van der Waals surface area (Å²) in [6.07, 6.45) is -2.82. The third-order valence-corrected chi connectivity index (χ3v) is 2.95. The number of nitrogens with zero attached hydrogens (tertiary/aromatic N) is 3. The van der Waals surface area contributed by atoms with Gasteiger partial charge in [-0.2, -0.15) is 10.4 Å². The van der Waals surface area contributed by atoms with Gasteiger partial charge in [-0.1, -0.05) is 11.6 Å². The van der Waals surface area contributed by atoms with E-state index in [0.29, 0.717) is 11.3 Å². The quantitative estimate of drug-likeness (QED) is 0.942. The fraction of sp³-hybridized carbons (Fsp3) is 0.167. The van der Waals surface area contributed by atoms with E-state index in [-0.39, 0.29) is 10.7 Å². The predicted octanol–water partition coefficient (Wildman–Crippen LogP) is 2.83. The second-order valence-corrected chi connectivity index (χ2v) is 4.04. The van der Waals surface area contributed by atoms with E-state index in [1.807, 2.05) is 6.07 Å². The molecule has 0 atom stereocenters. The number of aliphatic hydroxyl groups is 1. The molecule has 2 rings (SSSR count). The smallest absolute Gasteiger partial charge is 0.282 e. The first kappa shape index (κ1) is 13.5. The number of halogens is 3. The molecule has 0 unspecified atom stereocenters. The second kappa shape index (κ2) is 5.34. The van der Waals surface area contributed by atoms with E-state index < -0.39 is 18.7 Å². The van der Waals surface area contributed by atoms with Crippen LogP contribution >= 0.6 is 11.6 Å². The van der Waals surface area contributed by atoms with Gasteiger partial charge in [0.1, 0.15) is 10.8 Å². The van der Waals surface area contributed by atoms with E-state index in [1.54, 1.807) is 0 Å². The lowest BCUT2D eigenvalue weighted by molar-refractivity contribution is 0.141. The van der Waals surface area contributed by atoms with Crippen molar-refractivity contribution in [2.75, 3.05) is 0 Å². The Morgan fingerprint density at radius 1 is 1.37 bits per heavy atom. The fourth-order valence-electron chi connectivity index (χ4n) is 1.62. The van der Waals surface area contributed by atoms with Crippen LogP contribution in [0, 0.1) is 11.3 Å². The van der Waals surface area contributed by atoms with Gasteiger partial charge in [0, 0.05) is 5.56 Å². The summed E-state index contributed by atoms with van der Waals surface area (Å²) in [4.78, 5) is 0. The van der Waals surface area contributed by atoms with Crippen molar-refractivity contribution >= 4 is 11.6 Å². The second-order valence-electron chi connectivity index (χ2n) is 3.68. The third-order valence-electron chi connectivity index (χ3n) is 2.56. The lowest BCUT2D eigenvalue weighted by Crippen LogP contribution is -1.97. The third kappa shape index (κ3) is 2.43. The Balaban J connectivity index is 2.53. The molecule has 0 saturated heterocycles. The highest BCUT2D eigenvalue weighted by Crippen LogP contribution is 2.29. The molecule has 0 spiro atoms. The van der Waals surface area contributed by atoms with Crippen LogP contribution in [0.4, 0.5) is 8.78 Å². The maximum absolute atomic E-state index is 12.8. The number of aromatic nitrogens is 2. The number of aliphatic hydroxyl groups excluding tert-OH is 1. The Morgan fingerprint density at radius 3 is 2.42 bits per heavy atom. The van der Waals surface area contributed by atoms with Gasteiger partial charge in [0.05, 0.1) is 23.9 Å². The molecule has 7 heteroatoms. The molecule has 1 aromatic heterocycles. The zero-order chi connectivity index (χ0) is 14.0. The largest absolute Gasteiger partial charge is 0.391 e. The summed E-state index contributed by atoms with van der Waals surface area (Å²) in [5, 5.41) is 21.4. The molecule has 0 radical (unpaired) electrons. The van der Waals surface area contributed by atoms with Crippen LogP contribution in [0.1, 0.15) is 23.2 Å². The molecule has 2 aromatic rings. The van der Waals surface area contributed by atoms with Crippen molar-refractivity contribution in [1.82, 2.24) is 9.78 Å². The van der Waals surface area contributed by atoms with Crippen LogP contribution in [0.3, 0.4) is 0 Å². The number of rotatable bonds is 3. The zero-order valence-corrected chi connectivity index (χ0v) is 10.3. The molecule has 0 aliphatic rings. The van der Waals surface area contributed by atoms with Crippen molar-refractivity contribution < 1.29 is 13.9 Å². The Morgan fingerprint density at radius 2 is 2.00 bits per heavy atom. The highest BCUT2D eigenvalue weighted by Gasteiger charge is 2.23. The summed E-state index contributed by atoms with van der Waals surface area (Å²) in [7, 11) is 0. The molecule has 1 heterocycles. The summed E-state index contributed by atoms with van der Waals surface area (Å²) >= 11 is 5.92. The van der Waals surface area contributed by atoms with E-state index in [9.17, 15) is 8.78 Å². The lowest BCUT2D eigenvalue weighted by Gasteiger charge is -2.02. The van der Waals surface area contributed by atoms with Gasteiger partial charge in [-0.25, -0.2) is 13.5 Å². The topological polar surface area (TPSA) is 61.8 Å². The van der Waals surface area contributed by atoms with Gasteiger partial charge in [-0.05, 0) is 24.3 Å². The first-order chi connectivity index (χ1) is 9.08. The maximum Gasteiger partial charge on any atom is 0.282 e. The molecule has 0 bridgehead atoms. The Kier molecular flexibility index (Phi) is 3.79. The monoisotopic (exact) mass is 283 g/mol. The summed E-state index contributed by atoms with van der Waals surface area (Å²) in [6.45, 7) is -0.616. The Labute approximate surface area is 112 Å². The van der Waals surface area contributed by atoms with Gasteiger partial charge in [-0.15, -0.1) is 0 Å². The highest BCUT2D eigenvalue weighted by molar-refractivity contribution is 6.30. The number of hydrogen-bond donors (Lipinski definition) is 1. The molecule has 1 aromatic carbocycles. The molecule has 0 aliphatic carbocycles. The van der Waals surface area contributed by atoms with Gasteiger partial charge < -0.3 is 5.11 Å². The summed E-state index contributed by atoms with van der Waals surface area (Å²) < 4.78 is 26.6. The molecule has 0 amide bonds. The number of alkyl halides is 2. The Bertz CT molecular complexity index is 632. The molecular weight excluding hydrogens is 276 g/mol. The van der Waals surface area contributed by atoms with Crippen molar-refractivity contribution in [3.8, 4) is 11.8 Å². The van der Waals surface area contributed by atoms with E-state index in [1.165, 1.54) is 24.3 Å². The average molecular weight is 284 g/mol. The van der Waals surface area contributed by atoms with E-state index in [2.05, 4.69) is 5.10 Å². The van der Waals surface area contributed by atoms with E-state index in [0.717, 1.165) is 4.68 Å². The molecule has 0 aliphatic heterocycles. The van der Waals surface area contributed by atoms with Gasteiger partial charge in [0.15, 0.2) is 0 Å². The van der Waals surface area contributed by atoms with Gasteiger partial charge in [-0.3, -0.25) is 0 Å². The van der Waals surface area contributed by atoms with Crippen LogP contribution in [0.15, 0.2) is 24.3 Å². The van der Waals surface area contributed by atoms with Crippen molar-refractivity contribution in [1.29, 1.82) is 5.26 Å². The molecule has 1 N–H and O–H groups in total. The molecule has 4 nitrogen and oxygen atoms in total. The summed E-state index contributed by atoms with van der Waals surface area (Å²) in [5.74, 6) is 0. The summed E-state index contributed by atoms with van der Waals surface area (Å²) in [5.41, 5.74) is 0.229. The molecule has 98 valence electrons. The minimum atomic E-state index is -2.82. The van der Waals surface area contributed by atoms with Gasteiger partial charge >= 0.3 is 0 Å². The van der Waals surface area contributed by atoms with Crippen LogP contribution in [0.25, 0.3) is 5.69 Å². The molecule has 19 heavy (non-hydrogen) atoms. The first-order valence-electron chi connectivity index (χ1n) is 5.25. The van der Waals surface area contributed by atoms with Crippen LogP contribution in [0.5, 0.6) is 0 Å². The fourth-order valence-corrected chi connectivity index (χ4v) is 1.91. The van der Waals surface area contributed by atoms with Crippen LogP contribution in [-0.4, -0.2) is 14.9 Å². The minimum absolute atomic E-state index is 0.0671. The normalized spacial score (nSPS) is 10.7. The van der Waals surface area contributed by atoms with Crippen LogP contribution in [-0.2, 0) is 6.61 Å². The number of hydrogen-bond acceptors (Lipinski definition) is 3. The van der Waals surface area contributed by atoms with Crippen molar-refractivity contribution in [3.63, 3.8) is 0 Å². The van der Waals surface area contributed by atoms with E-state index in [4.69, 9.17) is 22.0 Å². The lowest BCUT2D eigenvalue weighted by atomic mass is 10.2. The number of nitriles is 1. The Hall–Kier alpha value is -1.97.